The monoisotopic (exact) mass is 304 g/mol. The lowest BCUT2D eigenvalue weighted by Crippen LogP contribution is -2.33. The minimum atomic E-state index is -0.622. The largest absolute Gasteiger partial charge is 0.390 e. The molecular weight excluding hydrogens is 287 g/mol. The molecule has 1 saturated heterocycles. The van der Waals surface area contributed by atoms with Crippen LogP contribution in [0.5, 0.6) is 0 Å². The Labute approximate surface area is 122 Å². The van der Waals surface area contributed by atoms with Crippen LogP contribution in [-0.4, -0.2) is 48.2 Å². The molecule has 1 unspecified atom stereocenters. The molecule has 1 fully saturated rings. The number of hydrogen-bond donors (Lipinski definition) is 2. The van der Waals surface area contributed by atoms with Gasteiger partial charge in [0.1, 0.15) is 5.82 Å². The highest BCUT2D eigenvalue weighted by molar-refractivity contribution is 7.99. The molecular formula is C13H18ClFN2OS. The van der Waals surface area contributed by atoms with E-state index in [0.717, 1.165) is 24.6 Å². The normalized spacial score (nSPS) is 17.3. The van der Waals surface area contributed by atoms with E-state index in [2.05, 4.69) is 10.2 Å². The summed E-state index contributed by atoms with van der Waals surface area (Å²) >= 11 is 7.40. The van der Waals surface area contributed by atoms with Gasteiger partial charge in [-0.15, -0.1) is 11.6 Å². The maximum Gasteiger partial charge on any atom is 0.148 e. The van der Waals surface area contributed by atoms with Crippen LogP contribution >= 0.6 is 23.4 Å². The van der Waals surface area contributed by atoms with Crippen molar-refractivity contribution in [2.45, 2.75) is 6.10 Å². The summed E-state index contributed by atoms with van der Waals surface area (Å²) < 4.78 is 14.1. The van der Waals surface area contributed by atoms with E-state index in [4.69, 9.17) is 11.6 Å². The lowest BCUT2D eigenvalue weighted by molar-refractivity contribution is 0.211. The Morgan fingerprint density at radius 1 is 1.42 bits per heavy atom. The van der Waals surface area contributed by atoms with Gasteiger partial charge in [0, 0.05) is 36.8 Å². The lowest BCUT2D eigenvalue weighted by atomic mass is 10.2. The molecule has 106 valence electrons. The van der Waals surface area contributed by atoms with Gasteiger partial charge < -0.3 is 15.3 Å². The van der Waals surface area contributed by atoms with Crippen LogP contribution in [0.15, 0.2) is 18.2 Å². The van der Waals surface area contributed by atoms with E-state index in [1.165, 1.54) is 6.07 Å². The van der Waals surface area contributed by atoms with Gasteiger partial charge >= 0.3 is 0 Å². The summed E-state index contributed by atoms with van der Waals surface area (Å²) in [6.45, 7) is 2.10. The number of benzene rings is 1. The van der Waals surface area contributed by atoms with E-state index in [0.29, 0.717) is 17.9 Å². The number of rotatable bonds is 5. The number of thioether (sulfide) groups is 1. The van der Waals surface area contributed by atoms with Crippen LogP contribution in [0, 0.1) is 5.82 Å². The molecule has 0 amide bonds. The standard InChI is InChI=1S/C13H18ClFN2OS/c14-8-11(18)9-16-10-1-2-13(12(15)7-10)17-3-5-19-6-4-17/h1-2,7,11,16,18H,3-6,8-9H2. The molecule has 0 radical (unpaired) electrons. The summed E-state index contributed by atoms with van der Waals surface area (Å²) in [7, 11) is 0. The van der Waals surface area contributed by atoms with Gasteiger partial charge in [-0.25, -0.2) is 4.39 Å². The van der Waals surface area contributed by atoms with E-state index in [1.54, 1.807) is 6.07 Å². The van der Waals surface area contributed by atoms with Gasteiger partial charge in [-0.3, -0.25) is 0 Å². The van der Waals surface area contributed by atoms with E-state index in [-0.39, 0.29) is 11.7 Å². The molecule has 0 spiro atoms. The summed E-state index contributed by atoms with van der Waals surface area (Å²) in [4.78, 5) is 2.07. The first-order valence-electron chi connectivity index (χ1n) is 6.31. The fraction of sp³-hybridized carbons (Fsp3) is 0.538. The number of halogens is 2. The van der Waals surface area contributed by atoms with Crippen molar-refractivity contribution in [2.24, 2.45) is 0 Å². The summed E-state index contributed by atoms with van der Waals surface area (Å²) in [5.74, 6) is 2.03. The van der Waals surface area contributed by atoms with Crippen LogP contribution in [0.3, 0.4) is 0 Å². The topological polar surface area (TPSA) is 35.5 Å². The molecule has 1 aromatic rings. The fourth-order valence-electron chi connectivity index (χ4n) is 1.97. The zero-order valence-corrected chi connectivity index (χ0v) is 12.2. The third-order valence-corrected chi connectivity index (χ3v) is 4.32. The first-order valence-corrected chi connectivity index (χ1v) is 8.00. The van der Waals surface area contributed by atoms with Gasteiger partial charge in [-0.2, -0.15) is 11.8 Å². The van der Waals surface area contributed by atoms with E-state index in [1.807, 2.05) is 17.8 Å². The summed E-state index contributed by atoms with van der Waals surface area (Å²) in [5.41, 5.74) is 1.32. The highest BCUT2D eigenvalue weighted by atomic mass is 35.5. The average molecular weight is 305 g/mol. The molecule has 1 heterocycles. The van der Waals surface area contributed by atoms with Gasteiger partial charge in [-0.05, 0) is 18.2 Å². The number of alkyl halides is 1. The fourth-order valence-corrected chi connectivity index (χ4v) is 2.98. The Morgan fingerprint density at radius 3 is 2.79 bits per heavy atom. The maximum atomic E-state index is 14.1. The minimum Gasteiger partial charge on any atom is -0.390 e. The maximum absolute atomic E-state index is 14.1. The summed E-state index contributed by atoms with van der Waals surface area (Å²) in [5, 5.41) is 12.3. The molecule has 19 heavy (non-hydrogen) atoms. The average Bonchev–Trinajstić information content (AvgIpc) is 2.45. The van der Waals surface area contributed by atoms with Crippen molar-refractivity contribution in [3.8, 4) is 0 Å². The first-order chi connectivity index (χ1) is 9.20. The Hall–Kier alpha value is -0.650. The van der Waals surface area contributed by atoms with Crippen molar-refractivity contribution in [3.05, 3.63) is 24.0 Å². The van der Waals surface area contributed by atoms with Gasteiger partial charge in [0.15, 0.2) is 0 Å². The van der Waals surface area contributed by atoms with Gasteiger partial charge in [0.25, 0.3) is 0 Å². The van der Waals surface area contributed by atoms with E-state index >= 15 is 0 Å². The van der Waals surface area contributed by atoms with Crippen LogP contribution in [-0.2, 0) is 0 Å². The highest BCUT2D eigenvalue weighted by Gasteiger charge is 2.15. The number of nitrogens with zero attached hydrogens (tertiary/aromatic N) is 1. The third kappa shape index (κ3) is 4.16. The van der Waals surface area contributed by atoms with Crippen molar-refractivity contribution in [2.75, 3.05) is 47.2 Å². The first kappa shape index (κ1) is 14.8. The van der Waals surface area contributed by atoms with Crippen molar-refractivity contribution >= 4 is 34.7 Å². The second kappa shape index (κ2) is 7.22. The SMILES string of the molecule is OC(CCl)CNc1ccc(N2CCSCC2)c(F)c1. The molecule has 0 saturated carbocycles. The smallest absolute Gasteiger partial charge is 0.148 e. The predicted octanol–water partition coefficient (Wildman–Crippen LogP) is 2.39. The molecule has 0 aromatic heterocycles. The third-order valence-electron chi connectivity index (χ3n) is 3.02. The zero-order chi connectivity index (χ0) is 13.7. The van der Waals surface area contributed by atoms with Crippen LogP contribution < -0.4 is 10.2 Å². The predicted molar refractivity (Wildman–Crippen MR) is 81.2 cm³/mol. The molecule has 1 aliphatic rings. The minimum absolute atomic E-state index is 0.166. The van der Waals surface area contributed by atoms with Gasteiger partial charge in [0.05, 0.1) is 17.7 Å². The number of hydrogen-bond acceptors (Lipinski definition) is 4. The van der Waals surface area contributed by atoms with Crippen molar-refractivity contribution in [1.29, 1.82) is 0 Å². The van der Waals surface area contributed by atoms with Crippen molar-refractivity contribution in [3.63, 3.8) is 0 Å². The van der Waals surface area contributed by atoms with Crippen molar-refractivity contribution in [1.82, 2.24) is 0 Å². The molecule has 3 nitrogen and oxygen atoms in total. The van der Waals surface area contributed by atoms with Gasteiger partial charge in [0.2, 0.25) is 0 Å². The molecule has 2 rings (SSSR count). The molecule has 0 aliphatic carbocycles. The molecule has 2 N–H and O–H groups in total. The molecule has 1 aromatic carbocycles. The van der Waals surface area contributed by atoms with Crippen LogP contribution in [0.2, 0.25) is 0 Å². The second-order valence-corrected chi connectivity index (χ2v) is 5.99. The van der Waals surface area contributed by atoms with Crippen LogP contribution in [0.1, 0.15) is 0 Å². The Balaban J connectivity index is 2.00. The number of anilines is 2. The number of aliphatic hydroxyl groups is 1. The molecule has 1 atom stereocenters. The summed E-state index contributed by atoms with van der Waals surface area (Å²) in [6, 6.07) is 5.10. The van der Waals surface area contributed by atoms with Crippen LogP contribution in [0.25, 0.3) is 0 Å². The van der Waals surface area contributed by atoms with E-state index in [9.17, 15) is 9.50 Å². The lowest BCUT2D eigenvalue weighted by Gasteiger charge is -2.29. The number of aliphatic hydroxyl groups excluding tert-OH is 1. The Bertz CT molecular complexity index is 416. The Morgan fingerprint density at radius 2 is 2.16 bits per heavy atom. The summed E-state index contributed by atoms with van der Waals surface area (Å²) in [6.07, 6.45) is -0.622. The van der Waals surface area contributed by atoms with Crippen molar-refractivity contribution < 1.29 is 9.50 Å². The molecule has 1 aliphatic heterocycles. The number of nitrogens with one attached hydrogen (secondary N) is 1. The Kier molecular flexibility index (Phi) is 5.60. The molecule has 6 heteroatoms. The molecule has 0 bridgehead atoms. The zero-order valence-electron chi connectivity index (χ0n) is 10.6. The second-order valence-electron chi connectivity index (χ2n) is 4.45. The van der Waals surface area contributed by atoms with Gasteiger partial charge in [-0.1, -0.05) is 0 Å². The van der Waals surface area contributed by atoms with E-state index < -0.39 is 6.10 Å². The highest BCUT2D eigenvalue weighted by Crippen LogP contribution is 2.25. The quantitative estimate of drug-likeness (QED) is 0.819. The van der Waals surface area contributed by atoms with Crippen LogP contribution in [0.4, 0.5) is 15.8 Å².